The molecule has 4 nitrogen and oxygen atoms in total. The van der Waals surface area contributed by atoms with E-state index in [2.05, 4.69) is 35.9 Å². The van der Waals surface area contributed by atoms with Gasteiger partial charge >= 0.3 is 0 Å². The molecular weight excluding hydrogens is 250 g/mol. The van der Waals surface area contributed by atoms with E-state index in [1.807, 2.05) is 7.05 Å². The minimum atomic E-state index is -0.102. The zero-order valence-electron chi connectivity index (χ0n) is 14.0. The summed E-state index contributed by atoms with van der Waals surface area (Å²) in [4.78, 5) is 5.20. The van der Waals surface area contributed by atoms with Crippen molar-refractivity contribution in [3.63, 3.8) is 0 Å². The van der Waals surface area contributed by atoms with E-state index < -0.39 is 0 Å². The van der Waals surface area contributed by atoms with Crippen LogP contribution in [0.5, 0.6) is 0 Å². The highest BCUT2D eigenvalue weighted by Crippen LogP contribution is 2.17. The van der Waals surface area contributed by atoms with E-state index >= 15 is 0 Å². The van der Waals surface area contributed by atoms with Gasteiger partial charge in [0.15, 0.2) is 0 Å². The first-order chi connectivity index (χ1) is 9.58. The molecule has 0 amide bonds. The number of aliphatic hydroxyl groups excluding tert-OH is 1. The van der Waals surface area contributed by atoms with Crippen LogP contribution in [0.15, 0.2) is 0 Å². The topological polar surface area (TPSA) is 38.7 Å². The van der Waals surface area contributed by atoms with Gasteiger partial charge in [-0.15, -0.1) is 0 Å². The van der Waals surface area contributed by atoms with Crippen molar-refractivity contribution < 1.29 is 5.11 Å². The molecule has 0 aromatic heterocycles. The van der Waals surface area contributed by atoms with Crippen LogP contribution in [0.25, 0.3) is 0 Å². The van der Waals surface area contributed by atoms with Crippen molar-refractivity contribution in [1.29, 1.82) is 0 Å². The lowest BCUT2D eigenvalue weighted by Crippen LogP contribution is -2.43. The van der Waals surface area contributed by atoms with E-state index in [1.54, 1.807) is 0 Å². The zero-order valence-corrected chi connectivity index (χ0v) is 14.0. The number of nitrogens with zero attached hydrogens (tertiary/aromatic N) is 2. The third-order valence-electron chi connectivity index (χ3n) is 4.98. The van der Waals surface area contributed by atoms with Crippen LogP contribution in [-0.2, 0) is 0 Å². The lowest BCUT2D eigenvalue weighted by molar-refractivity contribution is 0.168. The second-order valence-corrected chi connectivity index (χ2v) is 6.39. The molecule has 0 saturated carbocycles. The summed E-state index contributed by atoms with van der Waals surface area (Å²) in [5, 5.41) is 12.6. The van der Waals surface area contributed by atoms with Crippen LogP contribution >= 0.6 is 0 Å². The molecule has 0 aromatic carbocycles. The Labute approximate surface area is 125 Å². The Kier molecular flexibility index (Phi) is 8.03. The molecule has 1 fully saturated rings. The van der Waals surface area contributed by atoms with E-state index in [9.17, 15) is 5.11 Å². The van der Waals surface area contributed by atoms with E-state index in [0.29, 0.717) is 0 Å². The molecule has 0 aliphatic carbocycles. The summed E-state index contributed by atoms with van der Waals surface area (Å²) in [7, 11) is 1.94. The Morgan fingerprint density at radius 3 is 2.55 bits per heavy atom. The average Bonchev–Trinajstić information content (AvgIpc) is 2.93. The van der Waals surface area contributed by atoms with Gasteiger partial charge in [-0.25, -0.2) is 0 Å². The predicted octanol–water partition coefficient (Wildman–Crippen LogP) is 1.54. The highest BCUT2D eigenvalue weighted by molar-refractivity contribution is 4.83. The summed E-state index contributed by atoms with van der Waals surface area (Å²) in [5.41, 5.74) is -0.102. The Morgan fingerprint density at radius 2 is 2.00 bits per heavy atom. The molecular formula is C16H35N3O. The van der Waals surface area contributed by atoms with Crippen molar-refractivity contribution in [2.24, 2.45) is 0 Å². The number of likely N-dealkylation sites (tertiary alicyclic amines) is 1. The third kappa shape index (κ3) is 5.32. The number of unbranched alkanes of at least 4 members (excludes halogenated alkanes) is 1. The van der Waals surface area contributed by atoms with Crippen LogP contribution < -0.4 is 5.32 Å². The Balaban J connectivity index is 2.18. The van der Waals surface area contributed by atoms with E-state index in [4.69, 9.17) is 0 Å². The second kappa shape index (κ2) is 8.98. The van der Waals surface area contributed by atoms with Crippen LogP contribution in [0, 0.1) is 0 Å². The molecule has 2 N–H and O–H groups in total. The summed E-state index contributed by atoms with van der Waals surface area (Å²) >= 11 is 0. The number of nitrogens with one attached hydrogen (secondary N) is 1. The third-order valence-corrected chi connectivity index (χ3v) is 4.98. The first kappa shape index (κ1) is 17.9. The molecule has 1 aliphatic rings. The monoisotopic (exact) mass is 285 g/mol. The Hall–Kier alpha value is -0.160. The van der Waals surface area contributed by atoms with Gasteiger partial charge in [-0.3, -0.25) is 4.90 Å². The fraction of sp³-hybridized carbons (Fsp3) is 1.00. The number of aliphatic hydroxyl groups is 1. The van der Waals surface area contributed by atoms with Gasteiger partial charge in [0.25, 0.3) is 0 Å². The van der Waals surface area contributed by atoms with E-state index in [1.165, 1.54) is 52.0 Å². The van der Waals surface area contributed by atoms with Crippen molar-refractivity contribution >= 4 is 0 Å². The predicted molar refractivity (Wildman–Crippen MR) is 86.2 cm³/mol. The van der Waals surface area contributed by atoms with Gasteiger partial charge < -0.3 is 15.3 Å². The fourth-order valence-corrected chi connectivity index (χ4v) is 3.19. The van der Waals surface area contributed by atoms with Crippen molar-refractivity contribution in [3.8, 4) is 0 Å². The van der Waals surface area contributed by atoms with Crippen LogP contribution in [0.4, 0.5) is 0 Å². The maximum Gasteiger partial charge on any atom is 0.0610 e. The molecule has 20 heavy (non-hydrogen) atoms. The summed E-state index contributed by atoms with van der Waals surface area (Å²) in [6.45, 7) is 12.9. The van der Waals surface area contributed by atoms with Gasteiger partial charge in [0.1, 0.15) is 0 Å². The van der Waals surface area contributed by atoms with Gasteiger partial charge in [-0.05, 0) is 59.4 Å². The number of rotatable bonds is 10. The molecule has 4 heteroatoms. The standard InChI is InChI=1S/C16H35N3O/c1-5-19(6-2)15-9-12-18(13-15)11-8-7-10-16(3,14-20)17-4/h15,17,20H,5-14H2,1-4H3. The maximum absolute atomic E-state index is 9.37. The van der Waals surface area contributed by atoms with Crippen LogP contribution in [0.2, 0.25) is 0 Å². The van der Waals surface area contributed by atoms with E-state index in [0.717, 1.165) is 12.5 Å². The SMILES string of the molecule is CCN(CC)C1CCN(CCCCC(C)(CO)NC)C1. The van der Waals surface area contributed by atoms with Crippen LogP contribution in [0.3, 0.4) is 0 Å². The first-order valence-electron chi connectivity index (χ1n) is 8.34. The van der Waals surface area contributed by atoms with Gasteiger partial charge in [0, 0.05) is 18.1 Å². The van der Waals surface area contributed by atoms with Gasteiger partial charge in [0.2, 0.25) is 0 Å². The Morgan fingerprint density at radius 1 is 1.30 bits per heavy atom. The van der Waals surface area contributed by atoms with Crippen molar-refractivity contribution in [1.82, 2.24) is 15.1 Å². The van der Waals surface area contributed by atoms with E-state index in [-0.39, 0.29) is 12.1 Å². The van der Waals surface area contributed by atoms with Gasteiger partial charge in [0.05, 0.1) is 6.61 Å². The molecule has 1 rings (SSSR count). The fourth-order valence-electron chi connectivity index (χ4n) is 3.19. The minimum absolute atomic E-state index is 0.102. The average molecular weight is 285 g/mol. The Bertz CT molecular complexity index is 252. The smallest absolute Gasteiger partial charge is 0.0610 e. The number of hydrogen-bond donors (Lipinski definition) is 2. The first-order valence-corrected chi connectivity index (χ1v) is 8.34. The minimum Gasteiger partial charge on any atom is -0.394 e. The normalized spacial score (nSPS) is 23.4. The molecule has 1 aliphatic heterocycles. The molecule has 120 valence electrons. The van der Waals surface area contributed by atoms with Gasteiger partial charge in [-0.2, -0.15) is 0 Å². The summed E-state index contributed by atoms with van der Waals surface area (Å²) < 4.78 is 0. The molecule has 1 saturated heterocycles. The largest absolute Gasteiger partial charge is 0.394 e. The van der Waals surface area contributed by atoms with Crippen molar-refractivity contribution in [2.45, 2.75) is 58.0 Å². The molecule has 0 radical (unpaired) electrons. The zero-order chi connectivity index (χ0) is 15.0. The quantitative estimate of drug-likeness (QED) is 0.597. The second-order valence-electron chi connectivity index (χ2n) is 6.39. The van der Waals surface area contributed by atoms with Crippen LogP contribution in [-0.4, -0.2) is 72.9 Å². The molecule has 0 spiro atoms. The number of hydrogen-bond acceptors (Lipinski definition) is 4. The molecule has 1 heterocycles. The van der Waals surface area contributed by atoms with Crippen LogP contribution in [0.1, 0.15) is 46.5 Å². The molecule has 0 bridgehead atoms. The number of likely N-dealkylation sites (N-methyl/N-ethyl adjacent to an activating group) is 2. The molecule has 0 aromatic rings. The molecule has 2 atom stereocenters. The lowest BCUT2D eigenvalue weighted by atomic mass is 9.96. The summed E-state index contributed by atoms with van der Waals surface area (Å²) in [5.74, 6) is 0. The van der Waals surface area contributed by atoms with Gasteiger partial charge in [-0.1, -0.05) is 20.3 Å². The highest BCUT2D eigenvalue weighted by Gasteiger charge is 2.26. The lowest BCUT2D eigenvalue weighted by Gasteiger charge is -2.27. The molecule has 2 unspecified atom stereocenters. The van der Waals surface area contributed by atoms with Crippen molar-refractivity contribution in [3.05, 3.63) is 0 Å². The highest BCUT2D eigenvalue weighted by atomic mass is 16.3. The maximum atomic E-state index is 9.37. The van der Waals surface area contributed by atoms with Crippen molar-refractivity contribution in [2.75, 3.05) is 46.4 Å². The summed E-state index contributed by atoms with van der Waals surface area (Å²) in [6, 6.07) is 0.769. The summed E-state index contributed by atoms with van der Waals surface area (Å²) in [6.07, 6.45) is 4.80.